The predicted octanol–water partition coefficient (Wildman–Crippen LogP) is 6.24. The lowest BCUT2D eigenvalue weighted by Crippen LogP contribution is -2.49. The zero-order valence-electron chi connectivity index (χ0n) is 24.0. The molecule has 0 radical (unpaired) electrons. The Kier molecular flexibility index (Phi) is 7.07. The van der Waals surface area contributed by atoms with Crippen molar-refractivity contribution in [2.75, 3.05) is 26.7 Å². The molecular formula is C33H39N5O2S. The molecule has 2 unspecified atom stereocenters. The van der Waals surface area contributed by atoms with Gasteiger partial charge in [0.2, 0.25) is 0 Å². The van der Waals surface area contributed by atoms with Gasteiger partial charge >= 0.3 is 0 Å². The standard InChI is InChI=1S/C33H39N5O2S/c1-23-35-28-10-6-7-11-29(28)38(23)27-20-25-12-13-26(21-27)37(25)19-16-33(24-8-4-3-5-9-24)14-17-36(18-15-33)31(39)30-22-34-32(40-2)41-30/h3-11,22,25-27H,12-21H2,1-2H3. The number of nitrogens with zero attached hydrogens (tertiary/aromatic N) is 5. The van der Waals surface area contributed by atoms with Gasteiger partial charge in [-0.1, -0.05) is 53.8 Å². The number of carbonyl (C=O) groups is 1. The fourth-order valence-corrected chi connectivity index (χ4v) is 8.71. The molecule has 7 rings (SSSR count). The highest BCUT2D eigenvalue weighted by Crippen LogP contribution is 2.45. The zero-order valence-corrected chi connectivity index (χ0v) is 24.9. The number of aromatic nitrogens is 3. The Morgan fingerprint density at radius 3 is 2.41 bits per heavy atom. The molecule has 0 spiro atoms. The summed E-state index contributed by atoms with van der Waals surface area (Å²) in [5, 5.41) is 0.541. The van der Waals surface area contributed by atoms with Gasteiger partial charge in [0.05, 0.1) is 24.3 Å². The summed E-state index contributed by atoms with van der Waals surface area (Å²) in [6, 6.07) is 21.5. The average Bonchev–Trinajstić information content (AvgIpc) is 3.69. The van der Waals surface area contributed by atoms with E-state index in [1.807, 2.05) is 4.90 Å². The molecule has 3 saturated heterocycles. The first-order valence-electron chi connectivity index (χ1n) is 15.1. The Bertz CT molecular complexity index is 1510. The van der Waals surface area contributed by atoms with Crippen molar-refractivity contribution in [2.45, 2.75) is 75.4 Å². The number of benzene rings is 2. The van der Waals surface area contributed by atoms with Gasteiger partial charge in [-0.2, -0.15) is 0 Å². The molecule has 3 aliphatic heterocycles. The monoisotopic (exact) mass is 569 g/mol. The van der Waals surface area contributed by atoms with Gasteiger partial charge in [0.15, 0.2) is 0 Å². The van der Waals surface area contributed by atoms with E-state index in [2.05, 4.69) is 76.0 Å². The second kappa shape index (κ2) is 10.9. The number of hydrogen-bond acceptors (Lipinski definition) is 6. The maximum atomic E-state index is 13.2. The van der Waals surface area contributed by atoms with Crippen molar-refractivity contribution in [3.05, 3.63) is 77.1 Å². The molecule has 2 atom stereocenters. The minimum Gasteiger partial charge on any atom is -0.473 e. The van der Waals surface area contributed by atoms with Gasteiger partial charge < -0.3 is 14.2 Å². The third-order valence-corrected chi connectivity index (χ3v) is 11.1. The molecule has 2 aromatic carbocycles. The number of rotatable bonds is 7. The molecule has 0 saturated carbocycles. The average molecular weight is 570 g/mol. The minimum atomic E-state index is 0.0786. The number of imidazole rings is 1. The lowest BCUT2D eigenvalue weighted by Gasteiger charge is -2.45. The maximum absolute atomic E-state index is 13.2. The summed E-state index contributed by atoms with van der Waals surface area (Å²) in [7, 11) is 1.59. The van der Waals surface area contributed by atoms with Crippen molar-refractivity contribution in [1.82, 2.24) is 24.3 Å². The van der Waals surface area contributed by atoms with Crippen molar-refractivity contribution in [3.63, 3.8) is 0 Å². The van der Waals surface area contributed by atoms with Gasteiger partial charge in [-0.15, -0.1) is 0 Å². The van der Waals surface area contributed by atoms with E-state index in [1.54, 1.807) is 13.3 Å². The summed E-state index contributed by atoms with van der Waals surface area (Å²) in [6.07, 6.45) is 9.77. The van der Waals surface area contributed by atoms with E-state index in [9.17, 15) is 4.79 Å². The number of fused-ring (bicyclic) bond motifs is 3. The number of likely N-dealkylation sites (tertiary alicyclic amines) is 1. The van der Waals surface area contributed by atoms with E-state index < -0.39 is 0 Å². The first-order valence-corrected chi connectivity index (χ1v) is 15.9. The number of piperidine rings is 2. The Hall–Kier alpha value is -3.23. The third-order valence-electron chi connectivity index (χ3n) is 10.1. The van der Waals surface area contributed by atoms with Crippen LogP contribution in [0.3, 0.4) is 0 Å². The molecule has 2 aromatic heterocycles. The van der Waals surface area contributed by atoms with Crippen LogP contribution in [-0.2, 0) is 5.41 Å². The highest BCUT2D eigenvalue weighted by molar-refractivity contribution is 7.15. The molecule has 3 aliphatic rings. The molecule has 4 aromatic rings. The first-order chi connectivity index (χ1) is 20.0. The Balaban J connectivity index is 1.06. The van der Waals surface area contributed by atoms with Crippen molar-refractivity contribution in [1.29, 1.82) is 0 Å². The van der Waals surface area contributed by atoms with Gasteiger partial charge in [-0.3, -0.25) is 9.69 Å². The zero-order chi connectivity index (χ0) is 28.0. The summed E-state index contributed by atoms with van der Waals surface area (Å²) in [5.74, 6) is 1.22. The van der Waals surface area contributed by atoms with Gasteiger partial charge in [0, 0.05) is 31.2 Å². The fourth-order valence-electron chi connectivity index (χ4n) is 8.01. The lowest BCUT2D eigenvalue weighted by atomic mass is 9.70. The molecule has 1 amide bonds. The molecule has 0 N–H and O–H groups in total. The van der Waals surface area contributed by atoms with Crippen molar-refractivity contribution in [2.24, 2.45) is 0 Å². The number of para-hydroxylation sites is 2. The largest absolute Gasteiger partial charge is 0.473 e. The van der Waals surface area contributed by atoms with E-state index in [0.717, 1.165) is 50.2 Å². The van der Waals surface area contributed by atoms with E-state index >= 15 is 0 Å². The third kappa shape index (κ3) is 4.85. The predicted molar refractivity (Wildman–Crippen MR) is 163 cm³/mol. The smallest absolute Gasteiger partial charge is 0.273 e. The van der Waals surface area contributed by atoms with Crippen molar-refractivity contribution >= 4 is 28.3 Å². The first kappa shape index (κ1) is 26.7. The number of amides is 1. The number of carbonyl (C=O) groups excluding carboxylic acids is 1. The van der Waals surface area contributed by atoms with Crippen LogP contribution in [0.1, 0.15) is 72.0 Å². The van der Waals surface area contributed by atoms with Crippen LogP contribution < -0.4 is 4.74 Å². The second-order valence-electron chi connectivity index (χ2n) is 12.1. The molecule has 214 valence electrons. The summed E-state index contributed by atoms with van der Waals surface area (Å²) in [6.45, 7) is 4.84. The van der Waals surface area contributed by atoms with Gasteiger partial charge in [-0.25, -0.2) is 9.97 Å². The lowest BCUT2D eigenvalue weighted by molar-refractivity contribution is 0.0611. The van der Waals surface area contributed by atoms with Crippen LogP contribution in [-0.4, -0.2) is 69.1 Å². The topological polar surface area (TPSA) is 63.5 Å². The van der Waals surface area contributed by atoms with Crippen LogP contribution >= 0.6 is 11.3 Å². The van der Waals surface area contributed by atoms with Gasteiger partial charge in [0.1, 0.15) is 10.7 Å². The molecule has 8 heteroatoms. The number of hydrogen-bond donors (Lipinski definition) is 0. The summed E-state index contributed by atoms with van der Waals surface area (Å²) < 4.78 is 7.74. The highest BCUT2D eigenvalue weighted by Gasteiger charge is 2.44. The van der Waals surface area contributed by atoms with Gasteiger partial charge in [-0.05, 0) is 81.5 Å². The fraction of sp³-hybridized carbons (Fsp3) is 0.485. The Morgan fingerprint density at radius 2 is 1.71 bits per heavy atom. The quantitative estimate of drug-likeness (QED) is 0.264. The van der Waals surface area contributed by atoms with Crippen LogP contribution in [0.2, 0.25) is 0 Å². The van der Waals surface area contributed by atoms with E-state index in [0.29, 0.717) is 28.2 Å². The molecule has 7 nitrogen and oxygen atoms in total. The van der Waals surface area contributed by atoms with E-state index in [1.165, 1.54) is 48.1 Å². The van der Waals surface area contributed by atoms with Crippen LogP contribution in [0.15, 0.2) is 60.8 Å². The molecule has 3 fully saturated rings. The van der Waals surface area contributed by atoms with E-state index in [-0.39, 0.29) is 11.3 Å². The number of aryl methyl sites for hydroxylation is 1. The minimum absolute atomic E-state index is 0.0786. The molecule has 0 aliphatic carbocycles. The van der Waals surface area contributed by atoms with Crippen LogP contribution in [0.5, 0.6) is 5.19 Å². The van der Waals surface area contributed by atoms with Gasteiger partial charge in [0.25, 0.3) is 11.1 Å². The maximum Gasteiger partial charge on any atom is 0.273 e. The normalized spacial score (nSPS) is 24.1. The van der Waals surface area contributed by atoms with E-state index in [4.69, 9.17) is 9.72 Å². The summed E-state index contributed by atoms with van der Waals surface area (Å²) in [5.41, 5.74) is 3.92. The summed E-state index contributed by atoms with van der Waals surface area (Å²) in [4.78, 5) is 27.8. The molecule has 5 heterocycles. The highest BCUT2D eigenvalue weighted by atomic mass is 32.1. The van der Waals surface area contributed by atoms with Crippen LogP contribution in [0.25, 0.3) is 11.0 Å². The van der Waals surface area contributed by atoms with Crippen molar-refractivity contribution < 1.29 is 9.53 Å². The SMILES string of the molecule is COc1ncc(C(=O)N2CCC(CCN3C4CCC3CC(n3c(C)nc5ccccc53)C4)(c3ccccc3)CC2)s1. The Labute approximate surface area is 246 Å². The molecular weight excluding hydrogens is 530 g/mol. The Morgan fingerprint density at radius 1 is 1.00 bits per heavy atom. The van der Waals surface area contributed by atoms with Crippen LogP contribution in [0, 0.1) is 6.92 Å². The number of thiazole rings is 1. The van der Waals surface area contributed by atoms with Crippen LogP contribution in [0.4, 0.5) is 0 Å². The number of methoxy groups -OCH3 is 1. The van der Waals surface area contributed by atoms with Crippen molar-refractivity contribution in [3.8, 4) is 5.19 Å². The second-order valence-corrected chi connectivity index (χ2v) is 13.1. The molecule has 41 heavy (non-hydrogen) atoms. The summed E-state index contributed by atoms with van der Waals surface area (Å²) >= 11 is 1.33. The molecule has 2 bridgehead atoms. The number of ether oxygens (including phenoxy) is 1.